The summed E-state index contributed by atoms with van der Waals surface area (Å²) in [5.74, 6) is -2.41. The van der Waals surface area contributed by atoms with Crippen molar-refractivity contribution in [3.8, 4) is 5.75 Å². The predicted molar refractivity (Wildman–Crippen MR) is 55.7 cm³/mol. The van der Waals surface area contributed by atoms with Gasteiger partial charge in [-0.05, 0) is 20.3 Å². The van der Waals surface area contributed by atoms with E-state index in [9.17, 15) is 8.78 Å². The lowest BCUT2D eigenvalue weighted by molar-refractivity contribution is -0.00961. The number of hydrogen-bond acceptors (Lipinski definition) is 2. The Hall–Kier alpha value is -1.13. The van der Waals surface area contributed by atoms with Gasteiger partial charge in [-0.3, -0.25) is 4.68 Å². The summed E-state index contributed by atoms with van der Waals surface area (Å²) in [5.41, 5.74) is 0.794. The number of ether oxygens (including phenoxy) is 1. The summed E-state index contributed by atoms with van der Waals surface area (Å²) in [4.78, 5) is 0. The van der Waals surface area contributed by atoms with Gasteiger partial charge in [-0.15, -0.1) is 0 Å². The molecule has 2 rings (SSSR count). The maximum Gasteiger partial charge on any atom is 0.248 e. The molecule has 1 aromatic heterocycles. The fourth-order valence-corrected chi connectivity index (χ4v) is 1.97. The predicted octanol–water partition coefficient (Wildman–Crippen LogP) is 2.40. The van der Waals surface area contributed by atoms with E-state index in [1.807, 2.05) is 6.92 Å². The maximum atomic E-state index is 12.9. The van der Waals surface area contributed by atoms with Gasteiger partial charge < -0.3 is 4.74 Å². The molecule has 1 fully saturated rings. The molecular formula is C11H16F2N2O. The minimum Gasteiger partial charge on any atom is -0.490 e. The lowest BCUT2D eigenvalue weighted by Gasteiger charge is -2.09. The number of halogens is 2. The second kappa shape index (κ2) is 3.71. The quantitative estimate of drug-likeness (QED) is 0.794. The van der Waals surface area contributed by atoms with Crippen LogP contribution in [0.4, 0.5) is 8.78 Å². The van der Waals surface area contributed by atoms with Crippen LogP contribution in [-0.2, 0) is 7.05 Å². The first-order valence-corrected chi connectivity index (χ1v) is 5.39. The Morgan fingerprint density at radius 1 is 1.62 bits per heavy atom. The lowest BCUT2D eigenvalue weighted by Crippen LogP contribution is -2.16. The van der Waals surface area contributed by atoms with Crippen molar-refractivity contribution in [2.75, 3.05) is 6.61 Å². The molecule has 1 heterocycles. The van der Waals surface area contributed by atoms with E-state index < -0.39 is 11.8 Å². The monoisotopic (exact) mass is 230 g/mol. The Morgan fingerprint density at radius 3 is 2.75 bits per heavy atom. The molecule has 1 saturated carbocycles. The van der Waals surface area contributed by atoms with Crippen LogP contribution in [0.5, 0.6) is 5.75 Å². The number of hydrogen-bond donors (Lipinski definition) is 0. The van der Waals surface area contributed by atoms with Crippen LogP contribution in [0, 0.1) is 18.8 Å². The molecule has 0 spiro atoms. The molecule has 0 N–H and O–H groups in total. The molecule has 90 valence electrons. The zero-order valence-corrected chi connectivity index (χ0v) is 9.70. The number of aryl methyl sites for hydroxylation is 2. The molecule has 3 nitrogen and oxygen atoms in total. The van der Waals surface area contributed by atoms with Crippen LogP contribution >= 0.6 is 0 Å². The van der Waals surface area contributed by atoms with Gasteiger partial charge in [0.15, 0.2) is 5.75 Å². The van der Waals surface area contributed by atoms with Gasteiger partial charge in [0.05, 0.1) is 12.8 Å². The Kier molecular flexibility index (Phi) is 2.64. The van der Waals surface area contributed by atoms with Gasteiger partial charge >= 0.3 is 0 Å². The average molecular weight is 230 g/mol. The molecule has 16 heavy (non-hydrogen) atoms. The Morgan fingerprint density at radius 2 is 2.31 bits per heavy atom. The van der Waals surface area contributed by atoms with Crippen molar-refractivity contribution in [1.29, 1.82) is 0 Å². The van der Waals surface area contributed by atoms with E-state index in [1.54, 1.807) is 17.9 Å². The van der Waals surface area contributed by atoms with Gasteiger partial charge in [0.1, 0.15) is 5.69 Å². The van der Waals surface area contributed by atoms with Crippen molar-refractivity contribution in [2.24, 2.45) is 18.9 Å². The molecule has 0 radical (unpaired) electrons. The zero-order valence-electron chi connectivity index (χ0n) is 9.70. The zero-order chi connectivity index (χ0) is 11.9. The van der Waals surface area contributed by atoms with E-state index in [2.05, 4.69) is 5.10 Å². The Balaban J connectivity index is 1.84. The van der Waals surface area contributed by atoms with E-state index >= 15 is 0 Å². The largest absolute Gasteiger partial charge is 0.490 e. The molecular weight excluding hydrogens is 214 g/mol. The summed E-state index contributed by atoms with van der Waals surface area (Å²) in [6.45, 7) is 3.18. The first-order chi connectivity index (χ1) is 7.38. The highest BCUT2D eigenvalue weighted by atomic mass is 19.3. The molecule has 1 aliphatic rings. The van der Waals surface area contributed by atoms with Crippen LogP contribution in [0.25, 0.3) is 0 Å². The first kappa shape index (κ1) is 11.4. The second-order valence-corrected chi connectivity index (χ2v) is 4.62. The first-order valence-electron chi connectivity index (χ1n) is 5.39. The van der Waals surface area contributed by atoms with Crippen molar-refractivity contribution in [2.45, 2.75) is 26.2 Å². The van der Waals surface area contributed by atoms with Crippen LogP contribution in [0.1, 0.15) is 19.0 Å². The number of nitrogens with zero attached hydrogens (tertiary/aromatic N) is 2. The number of alkyl halides is 2. The van der Waals surface area contributed by atoms with Crippen LogP contribution in [0.2, 0.25) is 0 Å². The van der Waals surface area contributed by atoms with Crippen molar-refractivity contribution >= 4 is 0 Å². The molecule has 0 bridgehead atoms. The molecule has 1 aliphatic carbocycles. The third-order valence-corrected chi connectivity index (χ3v) is 2.99. The number of aromatic nitrogens is 2. The second-order valence-electron chi connectivity index (χ2n) is 4.62. The summed E-state index contributed by atoms with van der Waals surface area (Å²) >= 11 is 0. The van der Waals surface area contributed by atoms with Crippen molar-refractivity contribution < 1.29 is 13.5 Å². The van der Waals surface area contributed by atoms with Gasteiger partial charge in [0.2, 0.25) is 5.92 Å². The molecule has 0 saturated heterocycles. The lowest BCUT2D eigenvalue weighted by atomic mass is 10.2. The summed E-state index contributed by atoms with van der Waals surface area (Å²) in [5, 5.41) is 4.12. The Labute approximate surface area is 93.4 Å². The summed E-state index contributed by atoms with van der Waals surface area (Å²) in [7, 11) is 1.81. The van der Waals surface area contributed by atoms with Crippen molar-refractivity contribution in [3.63, 3.8) is 0 Å². The smallest absolute Gasteiger partial charge is 0.248 e. The molecule has 0 amide bonds. The fourth-order valence-electron chi connectivity index (χ4n) is 1.97. The molecule has 0 aliphatic heterocycles. The molecule has 0 aromatic carbocycles. The third kappa shape index (κ3) is 2.33. The van der Waals surface area contributed by atoms with Crippen LogP contribution in [-0.4, -0.2) is 22.3 Å². The molecule has 0 unspecified atom stereocenters. The third-order valence-electron chi connectivity index (χ3n) is 2.99. The standard InChI is InChI=1S/C11H16F2N2O/c1-7-10(5-15(3)14-7)16-6-8-4-9(8)11(2,12)13/h5,8-9H,4,6H2,1-3H3/t8-,9+/m0/s1. The van der Waals surface area contributed by atoms with Gasteiger partial charge in [0, 0.05) is 18.9 Å². The van der Waals surface area contributed by atoms with Crippen LogP contribution < -0.4 is 4.74 Å². The minimum atomic E-state index is -2.57. The van der Waals surface area contributed by atoms with Crippen molar-refractivity contribution in [3.05, 3.63) is 11.9 Å². The van der Waals surface area contributed by atoms with E-state index in [0.29, 0.717) is 18.8 Å². The molecule has 2 atom stereocenters. The van der Waals surface area contributed by atoms with Gasteiger partial charge in [0.25, 0.3) is 0 Å². The van der Waals surface area contributed by atoms with E-state index in [4.69, 9.17) is 4.74 Å². The average Bonchev–Trinajstić information content (AvgIpc) is 2.84. The van der Waals surface area contributed by atoms with Crippen LogP contribution in [0.3, 0.4) is 0 Å². The van der Waals surface area contributed by atoms with Gasteiger partial charge in [-0.1, -0.05) is 0 Å². The fraction of sp³-hybridized carbons (Fsp3) is 0.727. The maximum absolute atomic E-state index is 12.9. The molecule has 1 aromatic rings. The topological polar surface area (TPSA) is 27.1 Å². The summed E-state index contributed by atoms with van der Waals surface area (Å²) in [6, 6.07) is 0. The minimum absolute atomic E-state index is 0.0143. The van der Waals surface area contributed by atoms with Crippen molar-refractivity contribution in [1.82, 2.24) is 9.78 Å². The molecule has 5 heteroatoms. The highest BCUT2D eigenvalue weighted by Crippen LogP contribution is 2.49. The summed E-state index contributed by atoms with van der Waals surface area (Å²) < 4.78 is 32.9. The SMILES string of the molecule is Cc1nn(C)cc1OC[C@@H]1C[C@H]1C(C)(F)F. The van der Waals surface area contributed by atoms with Gasteiger partial charge in [-0.2, -0.15) is 5.10 Å². The normalized spacial score (nSPS) is 24.6. The number of rotatable bonds is 4. The Bertz CT molecular complexity index is 384. The summed E-state index contributed by atoms with van der Waals surface area (Å²) in [6.07, 6.45) is 2.32. The highest BCUT2D eigenvalue weighted by molar-refractivity contribution is 5.22. The van der Waals surface area contributed by atoms with Gasteiger partial charge in [-0.25, -0.2) is 8.78 Å². The highest BCUT2D eigenvalue weighted by Gasteiger charge is 2.51. The van der Waals surface area contributed by atoms with Crippen LogP contribution in [0.15, 0.2) is 6.20 Å². The van der Waals surface area contributed by atoms with E-state index in [0.717, 1.165) is 12.6 Å². The van der Waals surface area contributed by atoms with E-state index in [-0.39, 0.29) is 5.92 Å². The van der Waals surface area contributed by atoms with E-state index in [1.165, 1.54) is 0 Å².